The lowest BCUT2D eigenvalue weighted by molar-refractivity contribution is 0.148. The standard InChI is InChI=1S/C28H30F2N4O/c1-19-14-26(35-18-23-24(29)8-5-9-25(23)30)28-31-20(2)27(34(28)16-19)22-7-4-6-21(15-22)17-33-12-10-32(3)11-13-33/h4-9,14-16H,10-13,17-18H2,1-3H3. The zero-order valence-electron chi connectivity index (χ0n) is 20.4. The predicted octanol–water partition coefficient (Wildman–Crippen LogP) is 5.22. The SMILES string of the molecule is Cc1cc(OCc2c(F)cccc2F)c2nc(C)c(-c3cccc(CN4CCN(C)CC4)c3)n2c1. The van der Waals surface area contributed by atoms with E-state index in [0.29, 0.717) is 11.4 Å². The fourth-order valence-electron chi connectivity index (χ4n) is 4.71. The summed E-state index contributed by atoms with van der Waals surface area (Å²) in [5, 5.41) is 0. The van der Waals surface area contributed by atoms with Crippen molar-refractivity contribution in [1.82, 2.24) is 19.2 Å². The van der Waals surface area contributed by atoms with E-state index >= 15 is 0 Å². The van der Waals surface area contributed by atoms with E-state index in [1.165, 1.54) is 23.8 Å². The fourth-order valence-corrected chi connectivity index (χ4v) is 4.71. The Labute approximate surface area is 204 Å². The molecule has 0 radical (unpaired) electrons. The molecule has 35 heavy (non-hydrogen) atoms. The minimum atomic E-state index is -0.619. The van der Waals surface area contributed by atoms with Gasteiger partial charge in [0.2, 0.25) is 0 Å². The Hall–Kier alpha value is -3.29. The normalized spacial score (nSPS) is 15.1. The quantitative estimate of drug-likeness (QED) is 0.382. The first-order valence-electron chi connectivity index (χ1n) is 11.9. The van der Waals surface area contributed by atoms with E-state index in [1.807, 2.05) is 30.5 Å². The van der Waals surface area contributed by atoms with Crippen LogP contribution in [-0.4, -0.2) is 52.4 Å². The lowest BCUT2D eigenvalue weighted by Crippen LogP contribution is -2.43. The summed E-state index contributed by atoms with van der Waals surface area (Å²) in [7, 11) is 2.16. The Morgan fingerprint density at radius 2 is 1.66 bits per heavy atom. The molecule has 4 aromatic rings. The lowest BCUT2D eigenvalue weighted by atomic mass is 10.1. The summed E-state index contributed by atoms with van der Waals surface area (Å²) >= 11 is 0. The smallest absolute Gasteiger partial charge is 0.180 e. The second-order valence-corrected chi connectivity index (χ2v) is 9.39. The number of pyridine rings is 1. The molecule has 0 amide bonds. The molecular weight excluding hydrogens is 446 g/mol. The molecule has 7 heteroatoms. The second-order valence-electron chi connectivity index (χ2n) is 9.39. The summed E-state index contributed by atoms with van der Waals surface area (Å²) in [5.74, 6) is -0.743. The summed E-state index contributed by atoms with van der Waals surface area (Å²) in [6.07, 6.45) is 2.02. The fraction of sp³-hybridized carbons (Fsp3) is 0.321. The summed E-state index contributed by atoms with van der Waals surface area (Å²) in [6, 6.07) is 14.3. The molecule has 3 heterocycles. The van der Waals surface area contributed by atoms with Gasteiger partial charge in [-0.3, -0.25) is 9.30 Å². The number of rotatable bonds is 6. The summed E-state index contributed by atoms with van der Waals surface area (Å²) < 4.78 is 36.2. The third-order valence-electron chi connectivity index (χ3n) is 6.63. The predicted molar refractivity (Wildman–Crippen MR) is 134 cm³/mol. The summed E-state index contributed by atoms with van der Waals surface area (Å²) in [5.41, 5.74) is 5.71. The maximum Gasteiger partial charge on any atom is 0.180 e. The topological polar surface area (TPSA) is 33.0 Å². The highest BCUT2D eigenvalue weighted by molar-refractivity contribution is 5.71. The molecule has 1 saturated heterocycles. The van der Waals surface area contributed by atoms with Crippen molar-refractivity contribution in [2.24, 2.45) is 0 Å². The number of piperazine rings is 1. The van der Waals surface area contributed by atoms with Crippen molar-refractivity contribution in [2.75, 3.05) is 33.2 Å². The van der Waals surface area contributed by atoms with Gasteiger partial charge in [-0.05, 0) is 56.3 Å². The van der Waals surface area contributed by atoms with E-state index in [2.05, 4.69) is 41.1 Å². The van der Waals surface area contributed by atoms with Crippen LogP contribution in [0.15, 0.2) is 54.7 Å². The molecular formula is C28H30F2N4O. The van der Waals surface area contributed by atoms with Crippen LogP contribution in [0.1, 0.15) is 22.4 Å². The maximum atomic E-state index is 14.1. The van der Waals surface area contributed by atoms with Gasteiger partial charge in [0.15, 0.2) is 11.4 Å². The van der Waals surface area contributed by atoms with Crippen LogP contribution >= 0.6 is 0 Å². The Kier molecular flexibility index (Phi) is 6.54. The largest absolute Gasteiger partial charge is 0.485 e. The van der Waals surface area contributed by atoms with Gasteiger partial charge in [-0.25, -0.2) is 13.8 Å². The van der Waals surface area contributed by atoms with E-state index < -0.39 is 11.6 Å². The Morgan fingerprint density at radius 3 is 2.40 bits per heavy atom. The molecule has 1 aliphatic rings. The number of likely N-dealkylation sites (N-methyl/N-ethyl adjacent to an activating group) is 1. The average molecular weight is 477 g/mol. The number of aryl methyl sites for hydroxylation is 2. The minimum Gasteiger partial charge on any atom is -0.485 e. The van der Waals surface area contributed by atoms with Crippen LogP contribution < -0.4 is 4.74 Å². The number of benzene rings is 2. The number of imidazole rings is 1. The molecule has 1 fully saturated rings. The van der Waals surface area contributed by atoms with Crippen LogP contribution in [0.3, 0.4) is 0 Å². The molecule has 5 rings (SSSR count). The first-order valence-corrected chi connectivity index (χ1v) is 11.9. The van der Waals surface area contributed by atoms with Crippen molar-refractivity contribution in [3.8, 4) is 17.0 Å². The second kappa shape index (κ2) is 9.76. The molecule has 0 bridgehead atoms. The van der Waals surface area contributed by atoms with Gasteiger partial charge in [-0.15, -0.1) is 0 Å². The summed E-state index contributed by atoms with van der Waals surface area (Å²) in [6.45, 7) is 8.97. The van der Waals surface area contributed by atoms with Crippen LogP contribution in [0.25, 0.3) is 16.9 Å². The van der Waals surface area contributed by atoms with E-state index in [1.54, 1.807) is 0 Å². The number of fused-ring (bicyclic) bond motifs is 1. The maximum absolute atomic E-state index is 14.1. The highest BCUT2D eigenvalue weighted by Crippen LogP contribution is 2.31. The molecule has 1 aliphatic heterocycles. The molecule has 0 spiro atoms. The number of hydrogen-bond donors (Lipinski definition) is 0. The van der Waals surface area contributed by atoms with E-state index in [4.69, 9.17) is 9.72 Å². The first-order chi connectivity index (χ1) is 16.9. The zero-order chi connectivity index (χ0) is 24.5. The monoisotopic (exact) mass is 476 g/mol. The molecule has 0 aliphatic carbocycles. The molecule has 182 valence electrons. The minimum absolute atomic E-state index is 0.0905. The first kappa shape index (κ1) is 23.5. The van der Waals surface area contributed by atoms with Crippen LogP contribution in [-0.2, 0) is 13.2 Å². The highest BCUT2D eigenvalue weighted by Gasteiger charge is 2.18. The van der Waals surface area contributed by atoms with Crippen molar-refractivity contribution in [3.63, 3.8) is 0 Å². The number of halogens is 2. The van der Waals surface area contributed by atoms with Crippen LogP contribution in [0.4, 0.5) is 8.78 Å². The zero-order valence-corrected chi connectivity index (χ0v) is 20.4. The van der Waals surface area contributed by atoms with Crippen molar-refractivity contribution in [1.29, 1.82) is 0 Å². The van der Waals surface area contributed by atoms with Gasteiger partial charge < -0.3 is 9.64 Å². The molecule has 5 nitrogen and oxygen atoms in total. The molecule has 0 saturated carbocycles. The molecule has 0 atom stereocenters. The van der Waals surface area contributed by atoms with Gasteiger partial charge in [-0.2, -0.15) is 0 Å². The van der Waals surface area contributed by atoms with Crippen LogP contribution in [0, 0.1) is 25.5 Å². The van der Waals surface area contributed by atoms with Gasteiger partial charge >= 0.3 is 0 Å². The molecule has 0 N–H and O–H groups in total. The van der Waals surface area contributed by atoms with Gasteiger partial charge in [0.05, 0.1) is 17.0 Å². The van der Waals surface area contributed by atoms with Gasteiger partial charge in [0.25, 0.3) is 0 Å². The Morgan fingerprint density at radius 1 is 0.943 bits per heavy atom. The molecule has 2 aromatic heterocycles. The Balaban J connectivity index is 1.46. The number of aromatic nitrogens is 2. The number of hydrogen-bond acceptors (Lipinski definition) is 4. The molecule has 0 unspecified atom stereocenters. The van der Waals surface area contributed by atoms with E-state index in [9.17, 15) is 8.78 Å². The van der Waals surface area contributed by atoms with E-state index in [-0.39, 0.29) is 12.2 Å². The molecule has 2 aromatic carbocycles. The summed E-state index contributed by atoms with van der Waals surface area (Å²) in [4.78, 5) is 9.62. The van der Waals surface area contributed by atoms with Gasteiger partial charge in [-0.1, -0.05) is 24.3 Å². The van der Waals surface area contributed by atoms with Crippen molar-refractivity contribution >= 4 is 5.65 Å². The van der Waals surface area contributed by atoms with Crippen molar-refractivity contribution < 1.29 is 13.5 Å². The third kappa shape index (κ3) is 4.92. The van der Waals surface area contributed by atoms with Crippen molar-refractivity contribution in [2.45, 2.75) is 27.0 Å². The van der Waals surface area contributed by atoms with Crippen molar-refractivity contribution in [3.05, 3.63) is 88.7 Å². The van der Waals surface area contributed by atoms with Gasteiger partial charge in [0.1, 0.15) is 18.2 Å². The number of ether oxygens (including phenoxy) is 1. The average Bonchev–Trinajstić information content (AvgIpc) is 3.16. The van der Waals surface area contributed by atoms with Crippen LogP contribution in [0.5, 0.6) is 5.75 Å². The third-order valence-corrected chi connectivity index (χ3v) is 6.63. The number of nitrogens with zero attached hydrogens (tertiary/aromatic N) is 4. The van der Waals surface area contributed by atoms with Gasteiger partial charge in [0, 0.05) is 44.5 Å². The van der Waals surface area contributed by atoms with Crippen LogP contribution in [0.2, 0.25) is 0 Å². The Bertz CT molecular complexity index is 1340. The van der Waals surface area contributed by atoms with E-state index in [0.717, 1.165) is 55.2 Å². The highest BCUT2D eigenvalue weighted by atomic mass is 19.1. The lowest BCUT2D eigenvalue weighted by Gasteiger charge is -2.32.